The number of carbonyl (C=O) groups excluding carboxylic acids is 1. The number of carbonyl (C=O) groups is 1. The average molecular weight is 373 g/mol. The quantitative estimate of drug-likeness (QED) is 0.744. The highest BCUT2D eigenvalue weighted by Gasteiger charge is 2.39. The van der Waals surface area contributed by atoms with Crippen LogP contribution in [0.2, 0.25) is 0 Å². The lowest BCUT2D eigenvalue weighted by Gasteiger charge is -2.35. The van der Waals surface area contributed by atoms with Gasteiger partial charge in [-0.15, -0.1) is 0 Å². The number of nitrogens with one attached hydrogen (secondary N) is 1. The van der Waals surface area contributed by atoms with Crippen LogP contribution in [-0.4, -0.2) is 51.0 Å². The first kappa shape index (κ1) is 21.7. The molecule has 144 valence electrons. The average Bonchev–Trinajstić information content (AvgIpc) is 2.58. The maximum absolute atomic E-state index is 13.2. The van der Waals surface area contributed by atoms with Crippen LogP contribution < -0.4 is 5.32 Å². The van der Waals surface area contributed by atoms with Gasteiger partial charge in [-0.3, -0.25) is 4.79 Å². The molecule has 0 radical (unpaired) electrons. The maximum Gasteiger partial charge on any atom is 0.417 e. The number of benzene rings is 1. The molecule has 26 heavy (non-hydrogen) atoms. The Bertz CT molecular complexity index is 682. The molecule has 1 rings (SSSR count). The Balaban J connectivity index is 3.31. The van der Waals surface area contributed by atoms with Gasteiger partial charge in [0.2, 0.25) is 5.91 Å². The molecule has 0 saturated heterocycles. The third kappa shape index (κ3) is 5.09. The van der Waals surface area contributed by atoms with E-state index >= 15 is 0 Å². The largest absolute Gasteiger partial charge is 0.417 e. The Kier molecular flexibility index (Phi) is 7.00. The van der Waals surface area contributed by atoms with Crippen molar-refractivity contribution < 1.29 is 27.4 Å². The summed E-state index contributed by atoms with van der Waals surface area (Å²) in [4.78, 5) is 13.9. The number of rotatable bonds is 7. The third-order valence-corrected chi connectivity index (χ3v) is 3.84. The molecule has 0 spiro atoms. The van der Waals surface area contributed by atoms with Crippen molar-refractivity contribution in [2.45, 2.75) is 31.3 Å². The van der Waals surface area contributed by atoms with E-state index in [1.165, 1.54) is 45.4 Å². The monoisotopic (exact) mass is 373 g/mol. The van der Waals surface area contributed by atoms with Crippen molar-refractivity contribution in [1.29, 1.82) is 5.26 Å². The zero-order valence-corrected chi connectivity index (χ0v) is 15.3. The van der Waals surface area contributed by atoms with Gasteiger partial charge in [-0.25, -0.2) is 0 Å². The van der Waals surface area contributed by atoms with Crippen LogP contribution in [0.4, 0.5) is 18.9 Å². The second-order valence-electron chi connectivity index (χ2n) is 6.13. The predicted molar refractivity (Wildman–Crippen MR) is 89.3 cm³/mol. The van der Waals surface area contributed by atoms with Gasteiger partial charge in [0.15, 0.2) is 6.29 Å². The first-order chi connectivity index (χ1) is 12.0. The van der Waals surface area contributed by atoms with Gasteiger partial charge in [-0.05, 0) is 25.1 Å². The molecule has 6 nitrogen and oxygen atoms in total. The number of hydrogen-bond acceptors (Lipinski definition) is 5. The highest BCUT2D eigenvalue weighted by molar-refractivity contribution is 5.88. The van der Waals surface area contributed by atoms with E-state index in [2.05, 4.69) is 5.32 Å². The number of ether oxygens (including phenoxy) is 2. The summed E-state index contributed by atoms with van der Waals surface area (Å²) < 4.78 is 49.7. The summed E-state index contributed by atoms with van der Waals surface area (Å²) in [6.07, 6.45) is -5.37. The molecule has 0 unspecified atom stereocenters. The number of hydrogen-bond donors (Lipinski definition) is 1. The van der Waals surface area contributed by atoms with E-state index in [4.69, 9.17) is 14.7 Å². The number of likely N-dealkylation sites (N-methyl/N-ethyl adjacent to an activating group) is 1. The molecule has 1 atom stereocenters. The minimum Gasteiger partial charge on any atom is -0.371 e. The third-order valence-electron chi connectivity index (χ3n) is 3.84. The number of nitrogens with zero attached hydrogens (tertiary/aromatic N) is 2. The van der Waals surface area contributed by atoms with E-state index < -0.39 is 29.1 Å². The van der Waals surface area contributed by atoms with Crippen molar-refractivity contribution in [3.8, 4) is 6.07 Å². The summed E-state index contributed by atoms with van der Waals surface area (Å²) in [5.74, 6) is -0.366. The van der Waals surface area contributed by atoms with Crippen LogP contribution in [0.25, 0.3) is 0 Å². The summed E-state index contributed by atoms with van der Waals surface area (Å²) in [6.45, 7) is 1.55. The Morgan fingerprint density at radius 2 is 1.88 bits per heavy atom. The van der Waals surface area contributed by atoms with Crippen LogP contribution in [-0.2, 0) is 20.4 Å². The maximum atomic E-state index is 13.2. The summed E-state index contributed by atoms with van der Waals surface area (Å²) in [7, 11) is 5.88. The smallest absolute Gasteiger partial charge is 0.371 e. The second kappa shape index (κ2) is 8.38. The van der Waals surface area contributed by atoms with E-state index in [1.807, 2.05) is 0 Å². The Labute approximate surface area is 150 Å². The SMILES string of the molecule is COC(C[C@@](C)(Nc1ccc(C#N)c(C(F)(F)F)c1)C(=O)N(C)C)OC. The molecule has 0 aromatic heterocycles. The number of anilines is 1. The normalized spacial score (nSPS) is 13.8. The number of amides is 1. The van der Waals surface area contributed by atoms with Crippen LogP contribution in [0.3, 0.4) is 0 Å². The van der Waals surface area contributed by atoms with Gasteiger partial charge in [-0.1, -0.05) is 0 Å². The molecule has 1 aromatic rings. The lowest BCUT2D eigenvalue weighted by Crippen LogP contribution is -2.52. The Hall–Kier alpha value is -2.31. The Morgan fingerprint density at radius 3 is 2.31 bits per heavy atom. The van der Waals surface area contributed by atoms with Crippen LogP contribution in [0.5, 0.6) is 0 Å². The fourth-order valence-electron chi connectivity index (χ4n) is 2.55. The second-order valence-corrected chi connectivity index (χ2v) is 6.13. The lowest BCUT2D eigenvalue weighted by molar-refractivity contribution is -0.143. The van der Waals surface area contributed by atoms with Gasteiger partial charge in [-0.2, -0.15) is 18.4 Å². The van der Waals surface area contributed by atoms with Gasteiger partial charge >= 0.3 is 6.18 Å². The van der Waals surface area contributed by atoms with Crippen molar-refractivity contribution in [3.05, 3.63) is 29.3 Å². The van der Waals surface area contributed by atoms with Crippen LogP contribution >= 0.6 is 0 Å². The van der Waals surface area contributed by atoms with E-state index in [1.54, 1.807) is 6.92 Å². The highest BCUT2D eigenvalue weighted by atomic mass is 19.4. The van der Waals surface area contributed by atoms with Crippen molar-refractivity contribution in [3.63, 3.8) is 0 Å². The topological polar surface area (TPSA) is 74.6 Å². The van der Waals surface area contributed by atoms with Gasteiger partial charge in [0.05, 0.1) is 17.2 Å². The van der Waals surface area contributed by atoms with Crippen molar-refractivity contribution in [2.24, 2.45) is 0 Å². The van der Waals surface area contributed by atoms with Crippen molar-refractivity contribution in [1.82, 2.24) is 4.90 Å². The van der Waals surface area contributed by atoms with Gasteiger partial charge in [0.1, 0.15) is 5.54 Å². The van der Waals surface area contributed by atoms with Crippen LogP contribution in [0.1, 0.15) is 24.5 Å². The fourth-order valence-corrected chi connectivity index (χ4v) is 2.55. The molecule has 0 saturated carbocycles. The number of halogens is 3. The Morgan fingerprint density at radius 1 is 1.31 bits per heavy atom. The van der Waals surface area contributed by atoms with Gasteiger partial charge < -0.3 is 19.7 Å². The van der Waals surface area contributed by atoms with Gasteiger partial charge in [0, 0.05) is 40.4 Å². The molecule has 0 aliphatic rings. The number of alkyl halides is 3. The molecule has 0 aliphatic carbocycles. The molecule has 0 aliphatic heterocycles. The summed E-state index contributed by atoms with van der Waals surface area (Å²) in [5.41, 5.74) is -2.80. The number of methoxy groups -OCH3 is 2. The van der Waals surface area contributed by atoms with E-state index in [0.29, 0.717) is 0 Å². The van der Waals surface area contributed by atoms with E-state index in [9.17, 15) is 18.0 Å². The molecular weight excluding hydrogens is 351 g/mol. The zero-order chi connectivity index (χ0) is 20.1. The fraction of sp³-hybridized carbons (Fsp3) is 0.529. The first-order valence-corrected chi connectivity index (χ1v) is 7.65. The van der Waals surface area contributed by atoms with Crippen LogP contribution in [0, 0.1) is 11.3 Å². The van der Waals surface area contributed by atoms with Crippen molar-refractivity contribution in [2.75, 3.05) is 33.6 Å². The van der Waals surface area contributed by atoms with E-state index in [-0.39, 0.29) is 18.0 Å². The van der Waals surface area contributed by atoms with E-state index in [0.717, 1.165) is 12.1 Å². The molecule has 0 bridgehead atoms. The molecule has 9 heteroatoms. The lowest BCUT2D eigenvalue weighted by atomic mass is 9.94. The molecular formula is C17H22F3N3O3. The molecule has 1 N–H and O–H groups in total. The first-order valence-electron chi connectivity index (χ1n) is 7.65. The number of nitriles is 1. The molecule has 0 fully saturated rings. The van der Waals surface area contributed by atoms with Crippen LogP contribution in [0.15, 0.2) is 18.2 Å². The van der Waals surface area contributed by atoms with Crippen molar-refractivity contribution >= 4 is 11.6 Å². The molecule has 1 amide bonds. The molecule has 1 aromatic carbocycles. The summed E-state index contributed by atoms with van der Waals surface area (Å²) in [5, 5.41) is 11.7. The minimum atomic E-state index is -4.69. The zero-order valence-electron chi connectivity index (χ0n) is 15.3. The summed E-state index contributed by atoms with van der Waals surface area (Å²) in [6, 6.07) is 4.72. The minimum absolute atomic E-state index is 0.0539. The molecule has 0 heterocycles. The standard InChI is InChI=1S/C17H22F3N3O3/c1-16(15(24)23(2)3,9-14(25-4)26-5)22-12-7-6-11(10-21)13(8-12)17(18,19)20/h6-8,14,22H,9H2,1-5H3/t16-/m1/s1. The summed E-state index contributed by atoms with van der Waals surface area (Å²) >= 11 is 0. The highest BCUT2D eigenvalue weighted by Crippen LogP contribution is 2.34. The van der Waals surface area contributed by atoms with Gasteiger partial charge in [0.25, 0.3) is 0 Å². The predicted octanol–water partition coefficient (Wildman–Crippen LogP) is 2.84.